The van der Waals surface area contributed by atoms with Gasteiger partial charge in [-0.2, -0.15) is 26.3 Å². The highest BCUT2D eigenvalue weighted by atomic mass is 19.4. The van der Waals surface area contributed by atoms with E-state index >= 15 is 0 Å². The molecule has 4 N–H and O–H groups in total. The summed E-state index contributed by atoms with van der Waals surface area (Å²) in [7, 11) is 0. The lowest BCUT2D eigenvalue weighted by atomic mass is 9.89. The van der Waals surface area contributed by atoms with Gasteiger partial charge in [-0.05, 0) is 56.2 Å². The summed E-state index contributed by atoms with van der Waals surface area (Å²) in [4.78, 5) is 27.6. The van der Waals surface area contributed by atoms with Gasteiger partial charge in [-0.25, -0.2) is 4.98 Å². The molecule has 0 radical (unpaired) electrons. The van der Waals surface area contributed by atoms with Gasteiger partial charge in [0.25, 0.3) is 5.56 Å². The molecular formula is C25H25F6N7O. The first-order valence-electron chi connectivity index (χ1n) is 11.9. The quantitative estimate of drug-likeness (QED) is 0.363. The Labute approximate surface area is 218 Å². The van der Waals surface area contributed by atoms with Crippen LogP contribution in [0.2, 0.25) is 0 Å². The number of alkyl halides is 6. The fourth-order valence-electron chi connectivity index (χ4n) is 4.67. The molecule has 0 unspecified atom stereocenters. The van der Waals surface area contributed by atoms with E-state index in [1.807, 2.05) is 0 Å². The molecule has 3 aromatic rings. The van der Waals surface area contributed by atoms with Gasteiger partial charge in [0.05, 0.1) is 29.1 Å². The Hall–Kier alpha value is -4.10. The maximum atomic E-state index is 13.7. The molecule has 0 saturated carbocycles. The number of piperidine rings is 1. The number of hydrogen-bond acceptors (Lipinski definition) is 7. The summed E-state index contributed by atoms with van der Waals surface area (Å²) >= 11 is 0. The fourth-order valence-corrected chi connectivity index (χ4v) is 4.67. The van der Waals surface area contributed by atoms with Gasteiger partial charge < -0.3 is 16.4 Å². The molecule has 208 valence electrons. The number of aromatic nitrogens is 4. The van der Waals surface area contributed by atoms with E-state index < -0.39 is 47.3 Å². The van der Waals surface area contributed by atoms with Gasteiger partial charge in [-0.3, -0.25) is 19.3 Å². The van der Waals surface area contributed by atoms with Crippen molar-refractivity contribution in [3.63, 3.8) is 0 Å². The van der Waals surface area contributed by atoms with Crippen molar-refractivity contribution >= 4 is 11.2 Å². The Morgan fingerprint density at radius 1 is 1.15 bits per heavy atom. The average Bonchev–Trinajstić information content (AvgIpc) is 2.87. The summed E-state index contributed by atoms with van der Waals surface area (Å²) in [6.07, 6.45) is -4.71. The monoisotopic (exact) mass is 553 g/mol. The second-order valence-corrected chi connectivity index (χ2v) is 9.12. The number of pyridine rings is 2. The lowest BCUT2D eigenvalue weighted by molar-refractivity contribution is -0.138. The van der Waals surface area contributed by atoms with Crippen molar-refractivity contribution < 1.29 is 26.3 Å². The predicted molar refractivity (Wildman–Crippen MR) is 131 cm³/mol. The maximum absolute atomic E-state index is 13.7. The number of likely N-dealkylation sites (tertiary alicyclic amines) is 1. The number of nitrogens with zero attached hydrogens (tertiary/aromatic N) is 5. The van der Waals surface area contributed by atoms with E-state index in [4.69, 9.17) is 11.5 Å². The van der Waals surface area contributed by atoms with Crippen molar-refractivity contribution in [1.82, 2.24) is 24.4 Å². The summed E-state index contributed by atoms with van der Waals surface area (Å²) in [5.74, 6) is -0.875. The molecule has 39 heavy (non-hydrogen) atoms. The average molecular weight is 554 g/mol. The molecule has 1 saturated heterocycles. The van der Waals surface area contributed by atoms with Gasteiger partial charge in [-0.15, -0.1) is 0 Å². The summed E-state index contributed by atoms with van der Waals surface area (Å²) in [6, 6.07) is 3.59. The van der Waals surface area contributed by atoms with Crippen LogP contribution in [0.4, 0.5) is 26.3 Å². The summed E-state index contributed by atoms with van der Waals surface area (Å²) in [5, 5.41) is 0. The first-order valence-corrected chi connectivity index (χ1v) is 11.9. The third-order valence-electron chi connectivity index (χ3n) is 6.57. The molecule has 0 aliphatic carbocycles. The topological polar surface area (TPSA) is 116 Å². The molecule has 0 bridgehead atoms. The molecule has 4 heterocycles. The van der Waals surface area contributed by atoms with Crippen molar-refractivity contribution in [3.05, 3.63) is 87.1 Å². The van der Waals surface area contributed by atoms with Crippen molar-refractivity contribution in [2.24, 2.45) is 11.5 Å². The van der Waals surface area contributed by atoms with Gasteiger partial charge in [0, 0.05) is 31.0 Å². The van der Waals surface area contributed by atoms with Crippen LogP contribution in [0.5, 0.6) is 0 Å². The van der Waals surface area contributed by atoms with Crippen molar-refractivity contribution in [1.29, 1.82) is 0 Å². The van der Waals surface area contributed by atoms with E-state index in [1.165, 1.54) is 17.3 Å². The molecule has 1 aliphatic rings. The second kappa shape index (κ2) is 10.6. The number of halogens is 6. The first kappa shape index (κ1) is 27.9. The van der Waals surface area contributed by atoms with Crippen LogP contribution in [-0.4, -0.2) is 43.7 Å². The van der Waals surface area contributed by atoms with Gasteiger partial charge in [0.1, 0.15) is 11.3 Å². The smallest absolute Gasteiger partial charge is 0.405 e. The van der Waals surface area contributed by atoms with Gasteiger partial charge in [0.15, 0.2) is 5.65 Å². The summed E-state index contributed by atoms with van der Waals surface area (Å²) < 4.78 is 82.2. The van der Waals surface area contributed by atoms with E-state index in [0.717, 1.165) is 22.9 Å². The lowest BCUT2D eigenvalue weighted by Crippen LogP contribution is -2.39. The minimum absolute atomic E-state index is 0.107. The normalized spacial score (nSPS) is 16.2. The highest BCUT2D eigenvalue weighted by molar-refractivity contribution is 5.71. The molecule has 3 aromatic heterocycles. The zero-order valence-corrected chi connectivity index (χ0v) is 20.7. The zero-order chi connectivity index (χ0) is 28.5. The highest BCUT2D eigenvalue weighted by Crippen LogP contribution is 2.34. The maximum Gasteiger partial charge on any atom is 0.419 e. The van der Waals surface area contributed by atoms with E-state index in [1.54, 1.807) is 13.0 Å². The third kappa shape index (κ3) is 5.83. The molecule has 1 aliphatic heterocycles. The molecular weight excluding hydrogens is 528 g/mol. The minimum atomic E-state index is -4.71. The molecule has 0 amide bonds. The predicted octanol–water partition coefficient (Wildman–Crippen LogP) is 3.95. The summed E-state index contributed by atoms with van der Waals surface area (Å²) in [5.41, 5.74) is 9.17. The van der Waals surface area contributed by atoms with Crippen LogP contribution >= 0.6 is 0 Å². The van der Waals surface area contributed by atoms with Crippen LogP contribution in [0, 0.1) is 6.92 Å². The van der Waals surface area contributed by atoms with Gasteiger partial charge >= 0.3 is 12.4 Å². The molecule has 0 atom stereocenters. The highest BCUT2D eigenvalue weighted by Gasteiger charge is 2.37. The molecule has 1 fully saturated rings. The summed E-state index contributed by atoms with van der Waals surface area (Å²) in [6.45, 7) is 1.37. The van der Waals surface area contributed by atoms with E-state index in [2.05, 4.69) is 15.0 Å². The number of allylic oxidation sites excluding steroid dienone is 2. The van der Waals surface area contributed by atoms with Crippen LogP contribution in [0.25, 0.3) is 11.2 Å². The number of hydrogen-bond donors (Lipinski definition) is 2. The van der Waals surface area contributed by atoms with Crippen molar-refractivity contribution in [2.75, 3.05) is 13.1 Å². The Morgan fingerprint density at radius 3 is 2.46 bits per heavy atom. The molecule has 4 rings (SSSR count). The van der Waals surface area contributed by atoms with Gasteiger partial charge in [-0.1, -0.05) is 0 Å². The van der Waals surface area contributed by atoms with Crippen LogP contribution in [-0.2, 0) is 12.7 Å². The second-order valence-electron chi connectivity index (χ2n) is 9.12. The fraction of sp³-hybridized carbons (Fsp3) is 0.360. The van der Waals surface area contributed by atoms with E-state index in [9.17, 15) is 31.1 Å². The van der Waals surface area contributed by atoms with Crippen LogP contribution in [0.15, 0.2) is 59.1 Å². The zero-order valence-electron chi connectivity index (χ0n) is 20.7. The van der Waals surface area contributed by atoms with Crippen molar-refractivity contribution in [2.45, 2.75) is 44.6 Å². The Balaban J connectivity index is 1.72. The molecule has 14 heteroatoms. The lowest BCUT2D eigenvalue weighted by Gasteiger charge is -2.34. The number of rotatable bonds is 5. The largest absolute Gasteiger partial charge is 0.419 e. The standard InChI is InChI=1S/C25H25F6N7O/c1-14-12-35-19-11-16(15-5-9-37(10-6-15)21(33)18(4-7-32)25(29,30)31)23(39)38(22(19)36-14)13-20-17(24(26,27)28)3-2-8-34-20/h2-4,7-8,11-12,15H,5-6,9-10,13,32-33H2,1H3/b7-4-,21-18-. The number of nitrogens with two attached hydrogens (primary N) is 2. The van der Waals surface area contributed by atoms with Crippen LogP contribution < -0.4 is 17.0 Å². The van der Waals surface area contributed by atoms with Crippen LogP contribution in [0.1, 0.15) is 41.3 Å². The Morgan fingerprint density at radius 2 is 1.85 bits per heavy atom. The molecule has 0 spiro atoms. The van der Waals surface area contributed by atoms with Crippen molar-refractivity contribution in [3.8, 4) is 0 Å². The van der Waals surface area contributed by atoms with Gasteiger partial charge in [0.2, 0.25) is 0 Å². The number of fused-ring (bicyclic) bond motifs is 1. The molecule has 8 nitrogen and oxygen atoms in total. The Bertz CT molecular complexity index is 1480. The first-order chi connectivity index (χ1) is 18.3. The minimum Gasteiger partial charge on any atom is -0.405 e. The number of aryl methyl sites for hydroxylation is 1. The van der Waals surface area contributed by atoms with Crippen LogP contribution in [0.3, 0.4) is 0 Å². The SMILES string of the molecule is Cc1cnc2cc(C3CCN(/C(N)=C(/C=C\N)C(F)(F)F)CC3)c(=O)n(Cc3ncccc3C(F)(F)F)c2n1. The van der Waals surface area contributed by atoms with E-state index in [-0.39, 0.29) is 42.8 Å². The third-order valence-corrected chi connectivity index (χ3v) is 6.57. The molecule has 0 aromatic carbocycles. The Kier molecular flexibility index (Phi) is 7.57. The van der Waals surface area contributed by atoms with E-state index in [0.29, 0.717) is 17.3 Å².